The first-order chi connectivity index (χ1) is 9.12. The lowest BCUT2D eigenvalue weighted by Gasteiger charge is -2.18. The zero-order valence-corrected chi connectivity index (χ0v) is 11.9. The summed E-state index contributed by atoms with van der Waals surface area (Å²) in [6.45, 7) is 3.50. The van der Waals surface area contributed by atoms with E-state index >= 15 is 0 Å². The Balaban J connectivity index is 2.08. The largest absolute Gasteiger partial charge is 0.492 e. The first-order valence-electron chi connectivity index (χ1n) is 6.55. The van der Waals surface area contributed by atoms with Gasteiger partial charge in [-0.1, -0.05) is 25.1 Å². The van der Waals surface area contributed by atoms with Crippen LogP contribution in [0.5, 0.6) is 5.75 Å². The van der Waals surface area contributed by atoms with Crippen molar-refractivity contribution in [2.75, 3.05) is 25.4 Å². The first kappa shape index (κ1) is 14.3. The summed E-state index contributed by atoms with van der Waals surface area (Å²) in [5, 5.41) is 3.30. The molecule has 2 N–H and O–H groups in total. The minimum absolute atomic E-state index is 0.0506. The molecule has 0 spiro atoms. The van der Waals surface area contributed by atoms with E-state index in [1.165, 1.54) is 0 Å². The number of ether oxygens (including phenoxy) is 1. The molecule has 0 fully saturated rings. The van der Waals surface area contributed by atoms with Crippen LogP contribution in [0, 0.1) is 0 Å². The van der Waals surface area contributed by atoms with Crippen LogP contribution in [0.3, 0.4) is 0 Å². The first-order valence-corrected chi connectivity index (χ1v) is 8.20. The molecule has 5 nitrogen and oxygen atoms in total. The number of fused-ring (bicyclic) bond motifs is 1. The molecule has 2 rings (SSSR count). The van der Waals surface area contributed by atoms with Crippen molar-refractivity contribution < 1.29 is 13.2 Å². The maximum Gasteiger partial charge on any atom is 0.211 e. The molecule has 0 amide bonds. The monoisotopic (exact) mass is 284 g/mol. The molecular formula is C13H20N2O3S. The summed E-state index contributed by atoms with van der Waals surface area (Å²) < 4.78 is 31.7. The quantitative estimate of drug-likeness (QED) is 0.848. The average molecular weight is 284 g/mol. The molecule has 0 saturated heterocycles. The van der Waals surface area contributed by atoms with Crippen molar-refractivity contribution >= 4 is 10.0 Å². The second-order valence-electron chi connectivity index (χ2n) is 4.56. The molecule has 0 saturated carbocycles. The van der Waals surface area contributed by atoms with Crippen LogP contribution in [-0.2, 0) is 10.0 Å². The molecular weight excluding hydrogens is 264 g/mol. The van der Waals surface area contributed by atoms with Crippen LogP contribution >= 0.6 is 0 Å². The maximum atomic E-state index is 11.7. The third-order valence-corrected chi connectivity index (χ3v) is 4.58. The lowest BCUT2D eigenvalue weighted by molar-refractivity contribution is 0.324. The summed E-state index contributed by atoms with van der Waals surface area (Å²) in [4.78, 5) is 0. The Hall–Kier alpha value is -1.11. The van der Waals surface area contributed by atoms with Crippen LogP contribution in [-0.4, -0.2) is 33.9 Å². The van der Waals surface area contributed by atoms with E-state index < -0.39 is 10.0 Å². The molecule has 1 aliphatic rings. The predicted octanol–water partition coefficient (Wildman–Crippen LogP) is 1.04. The Morgan fingerprint density at radius 1 is 1.42 bits per heavy atom. The molecule has 106 valence electrons. The lowest BCUT2D eigenvalue weighted by Crippen LogP contribution is -2.36. The highest BCUT2D eigenvalue weighted by Crippen LogP contribution is 2.26. The van der Waals surface area contributed by atoms with Gasteiger partial charge in [0.1, 0.15) is 12.4 Å². The van der Waals surface area contributed by atoms with Crippen LogP contribution in [0.25, 0.3) is 0 Å². The molecule has 1 heterocycles. The SMILES string of the molecule is CCCS(=O)(=O)NCC1NCCOc2ccccc21. The van der Waals surface area contributed by atoms with Gasteiger partial charge in [-0.3, -0.25) is 0 Å². The normalized spacial score (nSPS) is 19.3. The fourth-order valence-corrected chi connectivity index (χ4v) is 3.24. The van der Waals surface area contributed by atoms with Crippen LogP contribution in [0.15, 0.2) is 24.3 Å². The van der Waals surface area contributed by atoms with Crippen LogP contribution in [0.2, 0.25) is 0 Å². The van der Waals surface area contributed by atoms with Crippen molar-refractivity contribution in [3.05, 3.63) is 29.8 Å². The highest BCUT2D eigenvalue weighted by molar-refractivity contribution is 7.89. The van der Waals surface area contributed by atoms with Gasteiger partial charge in [0.15, 0.2) is 0 Å². The van der Waals surface area contributed by atoms with Crippen LogP contribution < -0.4 is 14.8 Å². The van der Waals surface area contributed by atoms with Crippen LogP contribution in [0.1, 0.15) is 24.9 Å². The van der Waals surface area contributed by atoms with Crippen molar-refractivity contribution in [1.29, 1.82) is 0 Å². The van der Waals surface area contributed by atoms with Crippen LogP contribution in [0.4, 0.5) is 0 Å². The zero-order chi connectivity index (χ0) is 13.7. The summed E-state index contributed by atoms with van der Waals surface area (Å²) in [6, 6.07) is 7.68. The van der Waals surface area contributed by atoms with Gasteiger partial charge in [0.25, 0.3) is 0 Å². The maximum absolute atomic E-state index is 11.7. The molecule has 19 heavy (non-hydrogen) atoms. The van der Waals surface area contributed by atoms with Crippen molar-refractivity contribution in [1.82, 2.24) is 10.0 Å². The number of rotatable bonds is 5. The number of sulfonamides is 1. The predicted molar refractivity (Wildman–Crippen MR) is 74.8 cm³/mol. The van der Waals surface area contributed by atoms with Gasteiger partial charge in [0, 0.05) is 24.7 Å². The molecule has 1 aromatic rings. The highest BCUT2D eigenvalue weighted by Gasteiger charge is 2.20. The minimum Gasteiger partial charge on any atom is -0.492 e. The third-order valence-electron chi connectivity index (χ3n) is 3.03. The average Bonchev–Trinajstić information content (AvgIpc) is 2.58. The Morgan fingerprint density at radius 2 is 2.21 bits per heavy atom. The Morgan fingerprint density at radius 3 is 3.00 bits per heavy atom. The molecule has 6 heteroatoms. The van der Waals surface area contributed by atoms with Gasteiger partial charge in [-0.05, 0) is 12.5 Å². The molecule has 0 bridgehead atoms. The van der Waals surface area contributed by atoms with Gasteiger partial charge in [0.05, 0.1) is 5.75 Å². The van der Waals surface area contributed by atoms with Gasteiger partial charge in [-0.25, -0.2) is 13.1 Å². The molecule has 1 unspecified atom stereocenters. The number of benzene rings is 1. The van der Waals surface area contributed by atoms with E-state index in [2.05, 4.69) is 10.0 Å². The molecule has 0 aliphatic carbocycles. The van der Waals surface area contributed by atoms with E-state index in [0.29, 0.717) is 26.1 Å². The number of hydrogen-bond acceptors (Lipinski definition) is 4. The summed E-state index contributed by atoms with van der Waals surface area (Å²) in [5.41, 5.74) is 0.999. The second-order valence-corrected chi connectivity index (χ2v) is 6.49. The van der Waals surface area contributed by atoms with E-state index in [1.54, 1.807) is 0 Å². The van der Waals surface area contributed by atoms with E-state index in [9.17, 15) is 8.42 Å². The smallest absolute Gasteiger partial charge is 0.211 e. The molecule has 0 aromatic heterocycles. The number of para-hydroxylation sites is 1. The van der Waals surface area contributed by atoms with E-state index in [-0.39, 0.29) is 11.8 Å². The topological polar surface area (TPSA) is 67.4 Å². The summed E-state index contributed by atoms with van der Waals surface area (Å²) in [6.07, 6.45) is 0.618. The van der Waals surface area contributed by atoms with Gasteiger partial charge in [0.2, 0.25) is 10.0 Å². The second kappa shape index (κ2) is 6.36. The Bertz CT molecular complexity index is 516. The van der Waals surface area contributed by atoms with Crippen molar-refractivity contribution in [2.45, 2.75) is 19.4 Å². The van der Waals surface area contributed by atoms with Gasteiger partial charge in [-0.15, -0.1) is 0 Å². The highest BCUT2D eigenvalue weighted by atomic mass is 32.2. The van der Waals surface area contributed by atoms with E-state index in [0.717, 1.165) is 11.3 Å². The summed E-state index contributed by atoms with van der Waals surface area (Å²) in [5.74, 6) is 0.991. The molecule has 1 aromatic carbocycles. The van der Waals surface area contributed by atoms with Gasteiger partial charge < -0.3 is 10.1 Å². The fourth-order valence-electron chi connectivity index (χ4n) is 2.14. The van der Waals surface area contributed by atoms with Gasteiger partial charge >= 0.3 is 0 Å². The zero-order valence-electron chi connectivity index (χ0n) is 11.1. The minimum atomic E-state index is -3.18. The number of nitrogens with one attached hydrogen (secondary N) is 2. The Labute approximate surface area is 114 Å². The Kier molecular flexibility index (Phi) is 4.79. The van der Waals surface area contributed by atoms with E-state index in [1.807, 2.05) is 31.2 Å². The van der Waals surface area contributed by atoms with Gasteiger partial charge in [-0.2, -0.15) is 0 Å². The lowest BCUT2D eigenvalue weighted by atomic mass is 10.1. The fraction of sp³-hybridized carbons (Fsp3) is 0.538. The van der Waals surface area contributed by atoms with Crippen molar-refractivity contribution in [2.24, 2.45) is 0 Å². The number of hydrogen-bond donors (Lipinski definition) is 2. The standard InChI is InChI=1S/C13H20N2O3S/c1-2-9-19(16,17)15-10-12-11-5-3-4-6-13(11)18-8-7-14-12/h3-6,12,14-15H,2,7-10H2,1H3. The van der Waals surface area contributed by atoms with E-state index in [4.69, 9.17) is 4.74 Å². The molecule has 1 atom stereocenters. The molecule has 0 radical (unpaired) electrons. The molecule has 1 aliphatic heterocycles. The van der Waals surface area contributed by atoms with Crippen molar-refractivity contribution in [3.63, 3.8) is 0 Å². The van der Waals surface area contributed by atoms with Crippen molar-refractivity contribution in [3.8, 4) is 5.75 Å². The summed E-state index contributed by atoms with van der Waals surface area (Å²) >= 11 is 0. The third kappa shape index (κ3) is 3.92. The summed E-state index contributed by atoms with van der Waals surface area (Å²) in [7, 11) is -3.18.